The van der Waals surface area contributed by atoms with Crippen LogP contribution in [0.15, 0.2) is 67.3 Å². The molecule has 4 aromatic heterocycles. The second-order valence-electron chi connectivity index (χ2n) is 9.79. The monoisotopic (exact) mass is 524 g/mol. The lowest BCUT2D eigenvalue weighted by Gasteiger charge is -2.38. The summed E-state index contributed by atoms with van der Waals surface area (Å²) in [5.41, 5.74) is 4.71. The predicted molar refractivity (Wildman–Crippen MR) is 148 cm³/mol. The summed E-state index contributed by atoms with van der Waals surface area (Å²) in [6.07, 6.45) is 6.80. The highest BCUT2D eigenvalue weighted by molar-refractivity contribution is 5.99. The summed E-state index contributed by atoms with van der Waals surface area (Å²) in [7, 11) is 1.58. The van der Waals surface area contributed by atoms with Crippen LogP contribution in [-0.2, 0) is 0 Å². The number of fused-ring (bicyclic) bond motifs is 1. The summed E-state index contributed by atoms with van der Waals surface area (Å²) in [6.45, 7) is 5.86. The molecular weight excluding hydrogens is 498 g/mol. The maximum Gasteiger partial charge on any atom is 0.137 e. The van der Waals surface area contributed by atoms with Crippen molar-refractivity contribution in [3.05, 3.63) is 84.4 Å². The van der Waals surface area contributed by atoms with Crippen LogP contribution >= 0.6 is 0 Å². The van der Waals surface area contributed by atoms with Crippen LogP contribution in [-0.4, -0.2) is 40.1 Å². The zero-order chi connectivity index (χ0) is 27.1. The van der Waals surface area contributed by atoms with Crippen LogP contribution in [0.4, 0.5) is 26.0 Å². The van der Waals surface area contributed by atoms with E-state index < -0.39 is 11.6 Å². The maximum absolute atomic E-state index is 15.4. The summed E-state index contributed by atoms with van der Waals surface area (Å²) in [4.78, 5) is 20.3. The Morgan fingerprint density at radius 3 is 2.62 bits per heavy atom. The minimum atomic E-state index is -0.703. The quantitative estimate of drug-likeness (QED) is 0.270. The number of hydrogen-bond acceptors (Lipinski definition) is 7. The third kappa shape index (κ3) is 4.60. The SMILES string of the molecule is COc1cncc(-c2cnc(N3CC(C)C3)cc2Nc2c(C)c(-c3ccccn3)nc3cc(F)cc(F)c23)c1. The molecule has 0 aliphatic carbocycles. The van der Waals surface area contributed by atoms with E-state index in [1.165, 1.54) is 6.07 Å². The summed E-state index contributed by atoms with van der Waals surface area (Å²) in [6, 6.07) is 11.4. The molecule has 0 amide bonds. The molecule has 0 atom stereocenters. The number of nitrogens with one attached hydrogen (secondary N) is 1. The third-order valence-electron chi connectivity index (χ3n) is 6.95. The van der Waals surface area contributed by atoms with E-state index in [9.17, 15) is 4.39 Å². The first-order chi connectivity index (χ1) is 18.9. The van der Waals surface area contributed by atoms with Crippen LogP contribution in [0.1, 0.15) is 12.5 Å². The molecule has 6 rings (SSSR count). The van der Waals surface area contributed by atoms with E-state index in [0.29, 0.717) is 40.0 Å². The molecule has 0 unspecified atom stereocenters. The van der Waals surface area contributed by atoms with E-state index in [2.05, 4.69) is 32.1 Å². The third-order valence-corrected chi connectivity index (χ3v) is 6.95. The second kappa shape index (κ2) is 9.90. The van der Waals surface area contributed by atoms with Gasteiger partial charge in [-0.3, -0.25) is 9.97 Å². The van der Waals surface area contributed by atoms with Gasteiger partial charge in [0.25, 0.3) is 0 Å². The Hall–Kier alpha value is -4.66. The van der Waals surface area contributed by atoms with Gasteiger partial charge in [0.2, 0.25) is 0 Å². The van der Waals surface area contributed by atoms with Crippen molar-refractivity contribution in [3.63, 3.8) is 0 Å². The minimum Gasteiger partial charge on any atom is -0.495 e. The number of halogens is 2. The fourth-order valence-corrected chi connectivity index (χ4v) is 4.96. The van der Waals surface area contributed by atoms with Crippen molar-refractivity contribution in [2.45, 2.75) is 13.8 Å². The van der Waals surface area contributed by atoms with Crippen molar-refractivity contribution in [3.8, 4) is 28.3 Å². The van der Waals surface area contributed by atoms with Gasteiger partial charge in [-0.1, -0.05) is 13.0 Å². The van der Waals surface area contributed by atoms with E-state index in [4.69, 9.17) is 9.72 Å². The van der Waals surface area contributed by atoms with Gasteiger partial charge >= 0.3 is 0 Å². The number of ether oxygens (including phenoxy) is 1. The largest absolute Gasteiger partial charge is 0.495 e. The molecule has 1 fully saturated rings. The van der Waals surface area contributed by atoms with Gasteiger partial charge in [-0.25, -0.2) is 18.7 Å². The van der Waals surface area contributed by atoms with Gasteiger partial charge < -0.3 is 15.0 Å². The van der Waals surface area contributed by atoms with Crippen LogP contribution in [0.25, 0.3) is 33.4 Å². The van der Waals surface area contributed by atoms with E-state index >= 15 is 4.39 Å². The molecule has 0 spiro atoms. The molecule has 7 nitrogen and oxygen atoms in total. The fourth-order valence-electron chi connectivity index (χ4n) is 4.96. The lowest BCUT2D eigenvalue weighted by Crippen LogP contribution is -2.45. The van der Waals surface area contributed by atoms with Crippen molar-refractivity contribution >= 4 is 28.1 Å². The molecule has 5 heterocycles. The smallest absolute Gasteiger partial charge is 0.137 e. The highest BCUT2D eigenvalue weighted by Gasteiger charge is 2.25. The Morgan fingerprint density at radius 2 is 1.87 bits per heavy atom. The Balaban J connectivity index is 1.57. The molecule has 196 valence electrons. The Kier molecular flexibility index (Phi) is 6.26. The Bertz CT molecular complexity index is 1690. The number of methoxy groups -OCH3 is 1. The maximum atomic E-state index is 15.4. The highest BCUT2D eigenvalue weighted by Crippen LogP contribution is 2.40. The average molecular weight is 525 g/mol. The highest BCUT2D eigenvalue weighted by atomic mass is 19.1. The number of aromatic nitrogens is 4. The first-order valence-corrected chi connectivity index (χ1v) is 12.6. The lowest BCUT2D eigenvalue weighted by molar-refractivity contribution is 0.413. The van der Waals surface area contributed by atoms with Gasteiger partial charge in [-0.15, -0.1) is 0 Å². The Morgan fingerprint density at radius 1 is 1.03 bits per heavy atom. The predicted octanol–water partition coefficient (Wildman–Crippen LogP) is 6.55. The van der Waals surface area contributed by atoms with E-state index in [1.807, 2.05) is 37.3 Å². The van der Waals surface area contributed by atoms with Crippen LogP contribution in [0, 0.1) is 24.5 Å². The van der Waals surface area contributed by atoms with Crippen LogP contribution in [0.3, 0.4) is 0 Å². The standard InChI is InChI=1S/C30H26F2N6O/c1-17-15-38(16-17)27-11-25(22(14-35-27)19-8-21(39-3)13-33-12-19)36-30-18(2)29(24-6-4-5-7-34-24)37-26-10-20(31)9-23(32)28(26)30/h4-14,17H,15-16H2,1-3H3,(H,35,36,37). The molecule has 9 heteroatoms. The van der Waals surface area contributed by atoms with Gasteiger partial charge in [-0.2, -0.15) is 0 Å². The van der Waals surface area contributed by atoms with Gasteiger partial charge in [0.1, 0.15) is 23.2 Å². The lowest BCUT2D eigenvalue weighted by atomic mass is 10.0. The molecule has 5 aromatic rings. The van der Waals surface area contributed by atoms with Crippen LogP contribution < -0.4 is 15.0 Å². The van der Waals surface area contributed by atoms with Gasteiger partial charge in [0.15, 0.2) is 0 Å². The Labute approximate surface area is 224 Å². The number of pyridine rings is 4. The second-order valence-corrected chi connectivity index (χ2v) is 9.79. The number of benzene rings is 1. The molecule has 1 aromatic carbocycles. The molecular formula is C30H26F2N6O. The molecule has 0 bridgehead atoms. The zero-order valence-electron chi connectivity index (χ0n) is 21.7. The van der Waals surface area contributed by atoms with Crippen molar-refractivity contribution in [1.29, 1.82) is 0 Å². The van der Waals surface area contributed by atoms with Gasteiger partial charge in [-0.05, 0) is 31.0 Å². The molecule has 1 aliphatic heterocycles. The average Bonchev–Trinajstić information content (AvgIpc) is 2.93. The van der Waals surface area contributed by atoms with Crippen molar-refractivity contribution in [2.75, 3.05) is 30.4 Å². The van der Waals surface area contributed by atoms with Gasteiger partial charge in [0, 0.05) is 66.6 Å². The normalized spacial score (nSPS) is 13.4. The molecule has 0 radical (unpaired) electrons. The summed E-state index contributed by atoms with van der Waals surface area (Å²) in [5, 5.41) is 3.67. The minimum absolute atomic E-state index is 0.191. The first-order valence-electron chi connectivity index (χ1n) is 12.6. The van der Waals surface area contributed by atoms with Crippen LogP contribution in [0.2, 0.25) is 0 Å². The number of anilines is 3. The van der Waals surface area contributed by atoms with Crippen molar-refractivity contribution in [1.82, 2.24) is 19.9 Å². The topological polar surface area (TPSA) is 76.1 Å². The number of nitrogens with zero attached hydrogens (tertiary/aromatic N) is 5. The van der Waals surface area contributed by atoms with Gasteiger partial charge in [0.05, 0.1) is 47.0 Å². The molecule has 39 heavy (non-hydrogen) atoms. The van der Waals surface area contributed by atoms with Crippen LogP contribution in [0.5, 0.6) is 5.75 Å². The zero-order valence-corrected chi connectivity index (χ0v) is 21.7. The summed E-state index contributed by atoms with van der Waals surface area (Å²) < 4.78 is 35.1. The summed E-state index contributed by atoms with van der Waals surface area (Å²) >= 11 is 0. The number of rotatable bonds is 6. The van der Waals surface area contributed by atoms with E-state index in [-0.39, 0.29) is 10.9 Å². The molecule has 1 aliphatic rings. The first kappa shape index (κ1) is 24.7. The summed E-state index contributed by atoms with van der Waals surface area (Å²) in [5.74, 6) is 0.592. The fraction of sp³-hybridized carbons (Fsp3) is 0.200. The van der Waals surface area contributed by atoms with Crippen molar-refractivity contribution < 1.29 is 13.5 Å². The molecule has 0 saturated carbocycles. The van der Waals surface area contributed by atoms with E-state index in [1.54, 1.807) is 31.9 Å². The van der Waals surface area contributed by atoms with E-state index in [0.717, 1.165) is 36.1 Å². The van der Waals surface area contributed by atoms with Crippen molar-refractivity contribution in [2.24, 2.45) is 5.92 Å². The number of hydrogen-bond donors (Lipinski definition) is 1. The molecule has 1 saturated heterocycles. The molecule has 1 N–H and O–H groups in total.